The van der Waals surface area contributed by atoms with Crippen LogP contribution in [0.4, 0.5) is 0 Å². The van der Waals surface area contributed by atoms with Crippen LogP contribution in [0.15, 0.2) is 29.4 Å². The first-order valence-electron chi connectivity index (χ1n) is 7.29. The van der Waals surface area contributed by atoms with Crippen LogP contribution in [0, 0.1) is 0 Å². The zero-order valence-corrected chi connectivity index (χ0v) is 12.6. The van der Waals surface area contributed by atoms with E-state index in [2.05, 4.69) is 28.3 Å². The maximum Gasteiger partial charge on any atom is 0.166 e. The van der Waals surface area contributed by atoms with Gasteiger partial charge in [-0.05, 0) is 31.5 Å². The Hall–Kier alpha value is -1.04. The van der Waals surface area contributed by atoms with Gasteiger partial charge in [0.25, 0.3) is 0 Å². The topological polar surface area (TPSA) is 49.9 Å². The first-order valence-corrected chi connectivity index (χ1v) is 8.17. The van der Waals surface area contributed by atoms with E-state index in [1.807, 2.05) is 18.2 Å². The summed E-state index contributed by atoms with van der Waals surface area (Å²) < 4.78 is 5.64. The van der Waals surface area contributed by atoms with Gasteiger partial charge in [0, 0.05) is 12.6 Å². The highest BCUT2D eigenvalue weighted by atomic mass is 32.2. The number of thioether (sulfide) groups is 1. The molecular formula is C15H21N3OS. The number of H-pyrrole nitrogens is 1. The van der Waals surface area contributed by atoms with Crippen molar-refractivity contribution in [1.29, 1.82) is 0 Å². The average molecular weight is 291 g/mol. The lowest BCUT2D eigenvalue weighted by Crippen LogP contribution is -2.45. The largest absolute Gasteiger partial charge is 0.380 e. The summed E-state index contributed by atoms with van der Waals surface area (Å²) in [5, 5.41) is 5.05. The standard InChI is InChI=1S/C15H21N3OS/c1-2-8-16-13-7-9-19-10-14(13)20-15-17-11-5-3-4-6-12(11)18-15/h3-6,13-14,16H,2,7-10H2,1H3,(H,17,18). The summed E-state index contributed by atoms with van der Waals surface area (Å²) in [5.41, 5.74) is 2.13. The number of nitrogens with zero attached hydrogens (tertiary/aromatic N) is 1. The Morgan fingerprint density at radius 1 is 1.45 bits per heavy atom. The molecule has 2 aromatic rings. The van der Waals surface area contributed by atoms with Gasteiger partial charge in [0.05, 0.1) is 22.9 Å². The van der Waals surface area contributed by atoms with Crippen LogP contribution >= 0.6 is 11.8 Å². The van der Waals surface area contributed by atoms with E-state index < -0.39 is 0 Å². The molecule has 2 N–H and O–H groups in total. The fourth-order valence-corrected chi connectivity index (χ4v) is 3.69. The maximum absolute atomic E-state index is 5.64. The molecule has 1 aromatic heterocycles. The number of aromatic nitrogens is 2. The molecule has 1 aromatic carbocycles. The van der Waals surface area contributed by atoms with Crippen molar-refractivity contribution in [2.24, 2.45) is 0 Å². The number of fused-ring (bicyclic) bond motifs is 1. The smallest absolute Gasteiger partial charge is 0.166 e. The van der Waals surface area contributed by atoms with Gasteiger partial charge in [-0.15, -0.1) is 0 Å². The van der Waals surface area contributed by atoms with Crippen molar-refractivity contribution in [1.82, 2.24) is 15.3 Å². The molecule has 0 spiro atoms. The Bertz CT molecular complexity index is 524. The van der Waals surface area contributed by atoms with Crippen molar-refractivity contribution < 1.29 is 4.74 Å². The number of imidazole rings is 1. The van der Waals surface area contributed by atoms with Crippen molar-refractivity contribution in [3.63, 3.8) is 0 Å². The number of para-hydroxylation sites is 2. The molecule has 1 aliphatic rings. The number of ether oxygens (including phenoxy) is 1. The van der Waals surface area contributed by atoms with Crippen molar-refractivity contribution in [2.45, 2.75) is 36.2 Å². The molecule has 108 valence electrons. The van der Waals surface area contributed by atoms with Gasteiger partial charge in [-0.3, -0.25) is 0 Å². The number of benzene rings is 1. The number of hydrogen-bond acceptors (Lipinski definition) is 4. The number of hydrogen-bond donors (Lipinski definition) is 2. The summed E-state index contributed by atoms with van der Waals surface area (Å²) in [7, 11) is 0. The highest BCUT2D eigenvalue weighted by molar-refractivity contribution is 7.99. The molecule has 1 fully saturated rings. The van der Waals surface area contributed by atoms with Crippen LogP contribution in [0.5, 0.6) is 0 Å². The Balaban J connectivity index is 1.70. The molecule has 2 atom stereocenters. The molecule has 0 aliphatic carbocycles. The predicted molar refractivity (Wildman–Crippen MR) is 83.3 cm³/mol. The number of rotatable bonds is 5. The molecule has 0 amide bonds. The van der Waals surface area contributed by atoms with E-state index in [-0.39, 0.29) is 0 Å². The highest BCUT2D eigenvalue weighted by Gasteiger charge is 2.27. The van der Waals surface area contributed by atoms with E-state index >= 15 is 0 Å². The van der Waals surface area contributed by atoms with Crippen LogP contribution in [-0.2, 0) is 4.74 Å². The quantitative estimate of drug-likeness (QED) is 0.889. The minimum absolute atomic E-state index is 0.427. The third-order valence-electron chi connectivity index (χ3n) is 3.59. The summed E-state index contributed by atoms with van der Waals surface area (Å²) in [6.45, 7) is 4.93. The highest BCUT2D eigenvalue weighted by Crippen LogP contribution is 2.28. The zero-order chi connectivity index (χ0) is 13.8. The van der Waals surface area contributed by atoms with Crippen LogP contribution in [0.3, 0.4) is 0 Å². The van der Waals surface area contributed by atoms with E-state index in [1.165, 1.54) is 6.42 Å². The maximum atomic E-state index is 5.64. The molecule has 0 saturated carbocycles. The lowest BCUT2D eigenvalue weighted by molar-refractivity contribution is 0.0832. The van der Waals surface area contributed by atoms with E-state index in [0.29, 0.717) is 11.3 Å². The van der Waals surface area contributed by atoms with Crippen molar-refractivity contribution in [3.8, 4) is 0 Å². The molecule has 2 heterocycles. The van der Waals surface area contributed by atoms with Gasteiger partial charge >= 0.3 is 0 Å². The molecule has 1 saturated heterocycles. The number of aromatic amines is 1. The molecule has 0 bridgehead atoms. The van der Waals surface area contributed by atoms with Gasteiger partial charge < -0.3 is 15.0 Å². The third kappa shape index (κ3) is 3.16. The van der Waals surface area contributed by atoms with Gasteiger partial charge in [0.2, 0.25) is 0 Å². The summed E-state index contributed by atoms with van der Waals surface area (Å²) in [4.78, 5) is 8.03. The molecule has 0 radical (unpaired) electrons. The van der Waals surface area contributed by atoms with E-state index in [0.717, 1.165) is 42.4 Å². The Morgan fingerprint density at radius 2 is 2.35 bits per heavy atom. The minimum atomic E-state index is 0.427. The third-order valence-corrected chi connectivity index (χ3v) is 4.78. The molecule has 4 nitrogen and oxygen atoms in total. The second-order valence-corrected chi connectivity index (χ2v) is 6.37. The Labute approximate surface area is 123 Å². The summed E-state index contributed by atoms with van der Waals surface area (Å²) in [6.07, 6.45) is 2.25. The van der Waals surface area contributed by atoms with Gasteiger partial charge in [-0.1, -0.05) is 30.8 Å². The first-order chi connectivity index (χ1) is 9.86. The molecule has 1 aliphatic heterocycles. The summed E-state index contributed by atoms with van der Waals surface area (Å²) in [6, 6.07) is 8.68. The SMILES string of the molecule is CCCNC1CCOCC1Sc1nc2ccccc2[nH]1. The fraction of sp³-hybridized carbons (Fsp3) is 0.533. The van der Waals surface area contributed by atoms with Crippen molar-refractivity contribution in [3.05, 3.63) is 24.3 Å². The number of nitrogens with one attached hydrogen (secondary N) is 2. The van der Waals surface area contributed by atoms with Gasteiger partial charge in [-0.25, -0.2) is 4.98 Å². The van der Waals surface area contributed by atoms with Crippen LogP contribution in [0.2, 0.25) is 0 Å². The van der Waals surface area contributed by atoms with Crippen LogP contribution in [0.25, 0.3) is 11.0 Å². The molecule has 20 heavy (non-hydrogen) atoms. The van der Waals surface area contributed by atoms with Crippen LogP contribution in [0.1, 0.15) is 19.8 Å². The Kier molecular flexibility index (Phi) is 4.60. The molecule has 3 rings (SSSR count). The van der Waals surface area contributed by atoms with E-state index in [4.69, 9.17) is 4.74 Å². The summed E-state index contributed by atoms with van der Waals surface area (Å²) >= 11 is 1.79. The molecular weight excluding hydrogens is 270 g/mol. The van der Waals surface area contributed by atoms with Gasteiger partial charge in [0.15, 0.2) is 5.16 Å². The first kappa shape index (κ1) is 13.9. The second-order valence-electron chi connectivity index (χ2n) is 5.14. The zero-order valence-electron chi connectivity index (χ0n) is 11.8. The summed E-state index contributed by atoms with van der Waals surface area (Å²) in [5.74, 6) is 0. The van der Waals surface area contributed by atoms with Crippen LogP contribution < -0.4 is 5.32 Å². The lowest BCUT2D eigenvalue weighted by atomic mass is 10.1. The van der Waals surface area contributed by atoms with Crippen molar-refractivity contribution in [2.75, 3.05) is 19.8 Å². The molecule has 2 unspecified atom stereocenters. The fourth-order valence-electron chi connectivity index (χ4n) is 2.52. The lowest BCUT2D eigenvalue weighted by Gasteiger charge is -2.31. The second kappa shape index (κ2) is 6.61. The monoisotopic (exact) mass is 291 g/mol. The van der Waals surface area contributed by atoms with E-state index in [1.54, 1.807) is 11.8 Å². The van der Waals surface area contributed by atoms with Gasteiger partial charge in [0.1, 0.15) is 0 Å². The predicted octanol–water partition coefficient (Wildman–Crippen LogP) is 2.81. The van der Waals surface area contributed by atoms with Crippen molar-refractivity contribution >= 4 is 22.8 Å². The minimum Gasteiger partial charge on any atom is -0.380 e. The Morgan fingerprint density at radius 3 is 3.20 bits per heavy atom. The molecule has 5 heteroatoms. The van der Waals surface area contributed by atoms with Gasteiger partial charge in [-0.2, -0.15) is 0 Å². The normalized spacial score (nSPS) is 23.2. The van der Waals surface area contributed by atoms with E-state index in [9.17, 15) is 0 Å². The van der Waals surface area contributed by atoms with Crippen LogP contribution in [-0.4, -0.2) is 41.0 Å². The average Bonchev–Trinajstić information content (AvgIpc) is 2.88.